The van der Waals surface area contributed by atoms with Crippen molar-refractivity contribution in [3.05, 3.63) is 46.5 Å². The van der Waals surface area contributed by atoms with E-state index in [1.165, 1.54) is 12.3 Å². The molecule has 3 aromatic heterocycles. The minimum absolute atomic E-state index is 0.246. The van der Waals surface area contributed by atoms with E-state index in [-0.39, 0.29) is 6.04 Å². The molecular formula is C20H24FN5O2S. The van der Waals surface area contributed by atoms with Gasteiger partial charge in [0.05, 0.1) is 29.1 Å². The average molecular weight is 418 g/mol. The largest absolute Gasteiger partial charge is 0.381 e. The summed E-state index contributed by atoms with van der Waals surface area (Å²) in [5.74, 6) is 0.384. The van der Waals surface area contributed by atoms with Crippen molar-refractivity contribution in [1.82, 2.24) is 20.3 Å². The molecule has 1 fully saturated rings. The Morgan fingerprint density at radius 2 is 2.21 bits per heavy atom. The molecule has 3 aromatic rings. The average Bonchev–Trinajstić information content (AvgIpc) is 3.34. The molecule has 1 saturated heterocycles. The Kier molecular flexibility index (Phi) is 6.00. The van der Waals surface area contributed by atoms with E-state index in [1.807, 2.05) is 19.9 Å². The summed E-state index contributed by atoms with van der Waals surface area (Å²) in [5.41, 5.74) is 2.00. The maximum atomic E-state index is 13.5. The summed E-state index contributed by atoms with van der Waals surface area (Å²) >= 11 is 1.55. The number of halogens is 1. The van der Waals surface area contributed by atoms with Gasteiger partial charge in [0.2, 0.25) is 5.95 Å². The van der Waals surface area contributed by atoms with Gasteiger partial charge in [-0.1, -0.05) is 0 Å². The summed E-state index contributed by atoms with van der Waals surface area (Å²) in [6, 6.07) is 3.16. The van der Waals surface area contributed by atoms with Crippen molar-refractivity contribution in [2.24, 2.45) is 5.92 Å². The zero-order chi connectivity index (χ0) is 20.4. The standard InChI is InChI=1S/C20H24FN5O2S/c1-11-5-16-18(29-11)17(19(27)23-7-13-3-4-28-10-13)26-20(25-16)24-12(2)14-6-15(21)9-22-8-14/h5-6,8-9,12-13,19,23,27H,3-4,7,10H2,1-2H3,(H,24,25,26). The fourth-order valence-corrected chi connectivity index (χ4v) is 4.35. The van der Waals surface area contributed by atoms with Crippen LogP contribution in [0.3, 0.4) is 0 Å². The van der Waals surface area contributed by atoms with Gasteiger partial charge < -0.3 is 15.2 Å². The number of hydrogen-bond donors (Lipinski definition) is 3. The molecule has 0 radical (unpaired) electrons. The molecule has 29 heavy (non-hydrogen) atoms. The molecule has 0 saturated carbocycles. The molecule has 0 bridgehead atoms. The first-order chi connectivity index (χ1) is 14.0. The molecule has 0 aromatic carbocycles. The van der Waals surface area contributed by atoms with E-state index in [1.54, 1.807) is 17.5 Å². The van der Waals surface area contributed by atoms with Gasteiger partial charge in [0.1, 0.15) is 17.7 Å². The lowest BCUT2D eigenvalue weighted by Gasteiger charge is -2.18. The number of nitrogens with zero attached hydrogens (tertiary/aromatic N) is 3. The summed E-state index contributed by atoms with van der Waals surface area (Å²) in [6.07, 6.45) is 2.85. The van der Waals surface area contributed by atoms with Crippen LogP contribution in [0.15, 0.2) is 24.5 Å². The number of hydrogen-bond acceptors (Lipinski definition) is 8. The number of ether oxygens (including phenoxy) is 1. The number of fused-ring (bicyclic) bond motifs is 1. The number of aryl methyl sites for hydroxylation is 1. The van der Waals surface area contributed by atoms with E-state index in [0.29, 0.717) is 36.3 Å². The van der Waals surface area contributed by atoms with Crippen LogP contribution in [0.2, 0.25) is 0 Å². The third-order valence-corrected chi connectivity index (χ3v) is 6.04. The van der Waals surface area contributed by atoms with Crippen molar-refractivity contribution in [2.75, 3.05) is 25.1 Å². The highest BCUT2D eigenvalue weighted by Gasteiger charge is 2.21. The van der Waals surface area contributed by atoms with Gasteiger partial charge in [0.15, 0.2) is 0 Å². The summed E-state index contributed by atoms with van der Waals surface area (Å²) in [4.78, 5) is 14.1. The number of aromatic nitrogens is 3. The highest BCUT2D eigenvalue weighted by molar-refractivity contribution is 7.19. The SMILES string of the molecule is Cc1cc2nc(NC(C)c3cncc(F)c3)nc(C(O)NCC3CCOC3)c2s1. The van der Waals surface area contributed by atoms with Gasteiger partial charge in [-0.05, 0) is 43.9 Å². The van der Waals surface area contributed by atoms with Crippen molar-refractivity contribution >= 4 is 27.5 Å². The lowest BCUT2D eigenvalue weighted by molar-refractivity contribution is 0.126. The van der Waals surface area contributed by atoms with Crippen LogP contribution >= 0.6 is 11.3 Å². The Bertz CT molecular complexity index is 992. The predicted octanol–water partition coefficient (Wildman–Crippen LogP) is 3.32. The van der Waals surface area contributed by atoms with Gasteiger partial charge in [-0.3, -0.25) is 10.3 Å². The fraction of sp³-hybridized carbons (Fsp3) is 0.450. The van der Waals surface area contributed by atoms with Crippen LogP contribution < -0.4 is 10.6 Å². The van der Waals surface area contributed by atoms with Crippen LogP contribution in [0.1, 0.15) is 41.7 Å². The minimum atomic E-state index is -0.911. The van der Waals surface area contributed by atoms with Crippen molar-refractivity contribution in [3.8, 4) is 0 Å². The zero-order valence-corrected chi connectivity index (χ0v) is 17.2. The van der Waals surface area contributed by atoms with Crippen LogP contribution in [-0.2, 0) is 4.74 Å². The highest BCUT2D eigenvalue weighted by atomic mass is 32.1. The molecule has 4 heterocycles. The van der Waals surface area contributed by atoms with Crippen molar-refractivity contribution in [1.29, 1.82) is 0 Å². The number of nitrogens with one attached hydrogen (secondary N) is 2. The molecule has 3 unspecified atom stereocenters. The first kappa shape index (κ1) is 20.1. The van der Waals surface area contributed by atoms with E-state index in [9.17, 15) is 9.50 Å². The smallest absolute Gasteiger partial charge is 0.224 e. The van der Waals surface area contributed by atoms with E-state index in [4.69, 9.17) is 4.74 Å². The number of aliphatic hydroxyl groups is 1. The van der Waals surface area contributed by atoms with Crippen LogP contribution in [0.25, 0.3) is 10.2 Å². The second-order valence-corrected chi connectivity index (χ2v) is 8.60. The first-order valence-corrected chi connectivity index (χ1v) is 10.5. The normalized spacial score (nSPS) is 18.8. The van der Waals surface area contributed by atoms with Gasteiger partial charge in [0.25, 0.3) is 0 Å². The van der Waals surface area contributed by atoms with E-state index < -0.39 is 12.0 Å². The quantitative estimate of drug-likeness (QED) is 0.508. The molecule has 3 N–H and O–H groups in total. The van der Waals surface area contributed by atoms with E-state index in [0.717, 1.165) is 28.1 Å². The van der Waals surface area contributed by atoms with Gasteiger partial charge in [-0.15, -0.1) is 11.3 Å². The lowest BCUT2D eigenvalue weighted by Crippen LogP contribution is -2.28. The van der Waals surface area contributed by atoms with Crippen LogP contribution in [0.4, 0.5) is 10.3 Å². The summed E-state index contributed by atoms with van der Waals surface area (Å²) < 4.78 is 19.7. The zero-order valence-electron chi connectivity index (χ0n) is 16.4. The monoisotopic (exact) mass is 417 g/mol. The molecule has 4 rings (SSSR count). The molecule has 0 amide bonds. The second kappa shape index (κ2) is 8.66. The maximum Gasteiger partial charge on any atom is 0.224 e. The van der Waals surface area contributed by atoms with Crippen molar-refractivity contribution in [3.63, 3.8) is 0 Å². The van der Waals surface area contributed by atoms with Crippen molar-refractivity contribution in [2.45, 2.75) is 32.5 Å². The third-order valence-electron chi connectivity index (χ3n) is 4.98. The molecule has 0 spiro atoms. The van der Waals surface area contributed by atoms with Crippen LogP contribution in [0, 0.1) is 18.7 Å². The van der Waals surface area contributed by atoms with Crippen LogP contribution in [-0.4, -0.2) is 39.8 Å². The van der Waals surface area contributed by atoms with E-state index >= 15 is 0 Å². The topological polar surface area (TPSA) is 92.2 Å². The number of anilines is 1. The first-order valence-electron chi connectivity index (χ1n) is 9.64. The number of thiophene rings is 1. The molecule has 154 valence electrons. The minimum Gasteiger partial charge on any atom is -0.381 e. The predicted molar refractivity (Wildman–Crippen MR) is 110 cm³/mol. The van der Waals surface area contributed by atoms with Gasteiger partial charge in [-0.2, -0.15) is 0 Å². The molecule has 3 atom stereocenters. The Hall–Kier alpha value is -2.20. The third kappa shape index (κ3) is 4.69. The second-order valence-electron chi connectivity index (χ2n) is 7.35. The summed E-state index contributed by atoms with van der Waals surface area (Å²) in [6.45, 7) is 6.02. The molecule has 1 aliphatic rings. The summed E-state index contributed by atoms with van der Waals surface area (Å²) in [5, 5.41) is 17.1. The van der Waals surface area contributed by atoms with E-state index in [2.05, 4.69) is 25.6 Å². The van der Waals surface area contributed by atoms with Crippen LogP contribution in [0.5, 0.6) is 0 Å². The molecule has 0 aliphatic carbocycles. The Balaban J connectivity index is 1.57. The Morgan fingerprint density at radius 1 is 1.34 bits per heavy atom. The number of pyridine rings is 1. The van der Waals surface area contributed by atoms with Gasteiger partial charge in [-0.25, -0.2) is 14.4 Å². The fourth-order valence-electron chi connectivity index (χ4n) is 3.38. The lowest BCUT2D eigenvalue weighted by atomic mass is 10.1. The van der Waals surface area contributed by atoms with Gasteiger partial charge in [0, 0.05) is 24.2 Å². The molecule has 7 nitrogen and oxygen atoms in total. The summed E-state index contributed by atoms with van der Waals surface area (Å²) in [7, 11) is 0. The number of rotatable bonds is 7. The van der Waals surface area contributed by atoms with Crippen molar-refractivity contribution < 1.29 is 14.2 Å². The highest BCUT2D eigenvalue weighted by Crippen LogP contribution is 2.31. The molecule has 9 heteroatoms. The Morgan fingerprint density at radius 3 is 2.97 bits per heavy atom. The Labute approximate surface area is 172 Å². The number of aliphatic hydroxyl groups excluding tert-OH is 1. The maximum absolute atomic E-state index is 13.5. The molecular weight excluding hydrogens is 393 g/mol. The van der Waals surface area contributed by atoms with Gasteiger partial charge >= 0.3 is 0 Å². The molecule has 1 aliphatic heterocycles.